The highest BCUT2D eigenvalue weighted by molar-refractivity contribution is 7.89. The van der Waals surface area contributed by atoms with Crippen molar-refractivity contribution < 1.29 is 8.42 Å². The van der Waals surface area contributed by atoms with Gasteiger partial charge in [-0.2, -0.15) is 0 Å². The molecule has 2 atom stereocenters. The maximum absolute atomic E-state index is 12.6. The van der Waals surface area contributed by atoms with Gasteiger partial charge in [0, 0.05) is 5.02 Å². The summed E-state index contributed by atoms with van der Waals surface area (Å²) in [6.07, 6.45) is 1.73. The molecule has 0 saturated heterocycles. The van der Waals surface area contributed by atoms with Crippen LogP contribution in [0.25, 0.3) is 0 Å². The number of hydrogen-bond acceptors (Lipinski definition) is 2. The molecule has 0 radical (unpaired) electrons. The predicted octanol–water partition coefficient (Wildman–Crippen LogP) is 4.49. The summed E-state index contributed by atoms with van der Waals surface area (Å²) in [7, 11) is -3.62. The molecule has 23 heavy (non-hydrogen) atoms. The van der Waals surface area contributed by atoms with Gasteiger partial charge in [-0.05, 0) is 42.7 Å². The van der Waals surface area contributed by atoms with E-state index in [2.05, 4.69) is 11.3 Å². The zero-order chi connectivity index (χ0) is 17.0. The average molecular weight is 350 g/mol. The maximum atomic E-state index is 12.6. The van der Waals surface area contributed by atoms with E-state index in [1.807, 2.05) is 26.0 Å². The van der Waals surface area contributed by atoms with Crippen molar-refractivity contribution in [2.45, 2.75) is 24.8 Å². The van der Waals surface area contributed by atoms with E-state index in [1.54, 1.807) is 42.5 Å². The standard InChI is InChI=1S/C18H20ClNO2S/c1-4-14(3)18(15-7-9-16(19)10-8-15)20-23(21,22)17-11-5-13(2)6-12-17/h4-12,14,18,20H,1H2,2-3H3. The minimum Gasteiger partial charge on any atom is -0.207 e. The molecule has 0 fully saturated rings. The van der Waals surface area contributed by atoms with E-state index in [-0.39, 0.29) is 10.8 Å². The van der Waals surface area contributed by atoms with Crippen molar-refractivity contribution in [2.24, 2.45) is 5.92 Å². The summed E-state index contributed by atoms with van der Waals surface area (Å²) in [5, 5.41) is 0.611. The number of halogens is 1. The van der Waals surface area contributed by atoms with Crippen LogP contribution in [0.4, 0.5) is 0 Å². The minimum absolute atomic E-state index is 0.0728. The number of hydrogen-bond donors (Lipinski definition) is 1. The zero-order valence-electron chi connectivity index (χ0n) is 13.2. The van der Waals surface area contributed by atoms with E-state index >= 15 is 0 Å². The van der Waals surface area contributed by atoms with Gasteiger partial charge in [-0.25, -0.2) is 13.1 Å². The van der Waals surface area contributed by atoms with Crippen LogP contribution >= 0.6 is 11.6 Å². The van der Waals surface area contributed by atoms with Crippen LogP contribution in [0.5, 0.6) is 0 Å². The fraction of sp³-hybridized carbons (Fsp3) is 0.222. The quantitative estimate of drug-likeness (QED) is 0.781. The van der Waals surface area contributed by atoms with E-state index in [1.165, 1.54) is 0 Å². The molecule has 122 valence electrons. The highest BCUT2D eigenvalue weighted by Gasteiger charge is 2.24. The van der Waals surface area contributed by atoms with Crippen LogP contribution in [0, 0.1) is 12.8 Å². The molecule has 1 N–H and O–H groups in total. The normalized spacial score (nSPS) is 14.2. The highest BCUT2D eigenvalue weighted by atomic mass is 35.5. The van der Waals surface area contributed by atoms with Crippen LogP contribution in [0.15, 0.2) is 66.1 Å². The van der Waals surface area contributed by atoms with Crippen LogP contribution in [-0.4, -0.2) is 8.42 Å². The van der Waals surface area contributed by atoms with Crippen molar-refractivity contribution in [3.63, 3.8) is 0 Å². The van der Waals surface area contributed by atoms with Gasteiger partial charge >= 0.3 is 0 Å². The van der Waals surface area contributed by atoms with E-state index in [4.69, 9.17) is 11.6 Å². The number of rotatable bonds is 6. The second-order valence-electron chi connectivity index (χ2n) is 5.56. The van der Waals surface area contributed by atoms with Crippen LogP contribution < -0.4 is 4.72 Å². The van der Waals surface area contributed by atoms with Gasteiger partial charge in [0.15, 0.2) is 0 Å². The molecule has 5 heteroatoms. The number of nitrogens with one attached hydrogen (secondary N) is 1. The summed E-state index contributed by atoms with van der Waals surface area (Å²) < 4.78 is 28.1. The van der Waals surface area contributed by atoms with Crippen LogP contribution in [-0.2, 0) is 10.0 Å². The van der Waals surface area contributed by atoms with E-state index < -0.39 is 16.1 Å². The fourth-order valence-electron chi connectivity index (χ4n) is 2.24. The molecule has 3 nitrogen and oxygen atoms in total. The first kappa shape index (κ1) is 17.7. The third kappa shape index (κ3) is 4.44. The Balaban J connectivity index is 2.35. The minimum atomic E-state index is -3.62. The van der Waals surface area contributed by atoms with Crippen molar-refractivity contribution in [1.82, 2.24) is 4.72 Å². The van der Waals surface area contributed by atoms with E-state index in [0.29, 0.717) is 5.02 Å². The number of benzene rings is 2. The summed E-state index contributed by atoms with van der Waals surface area (Å²) in [6.45, 7) is 7.62. The highest BCUT2D eigenvalue weighted by Crippen LogP contribution is 2.26. The summed E-state index contributed by atoms with van der Waals surface area (Å²) in [6, 6.07) is 13.5. The van der Waals surface area contributed by atoms with Gasteiger partial charge in [-0.1, -0.05) is 54.4 Å². The lowest BCUT2D eigenvalue weighted by Gasteiger charge is -2.23. The monoisotopic (exact) mass is 349 g/mol. The molecular formula is C18H20ClNO2S. The Morgan fingerprint density at radius 2 is 1.65 bits per heavy atom. The zero-order valence-corrected chi connectivity index (χ0v) is 14.7. The second kappa shape index (κ2) is 7.30. The Hall–Kier alpha value is -1.62. The first-order chi connectivity index (χ1) is 10.8. The molecule has 0 saturated carbocycles. The third-order valence-corrected chi connectivity index (χ3v) is 5.45. The smallest absolute Gasteiger partial charge is 0.207 e. The number of aryl methyl sites for hydroxylation is 1. The summed E-state index contributed by atoms with van der Waals surface area (Å²) >= 11 is 5.91. The van der Waals surface area contributed by atoms with Crippen LogP contribution in [0.3, 0.4) is 0 Å². The molecule has 0 heterocycles. The van der Waals surface area contributed by atoms with Crippen LogP contribution in [0.1, 0.15) is 24.1 Å². The summed E-state index contributed by atoms with van der Waals surface area (Å²) in [4.78, 5) is 0.248. The van der Waals surface area contributed by atoms with Gasteiger partial charge in [0.25, 0.3) is 0 Å². The first-order valence-electron chi connectivity index (χ1n) is 7.30. The molecule has 0 spiro atoms. The van der Waals surface area contributed by atoms with Gasteiger partial charge in [0.1, 0.15) is 0 Å². The fourth-order valence-corrected chi connectivity index (χ4v) is 3.68. The van der Waals surface area contributed by atoms with Crippen molar-refractivity contribution in [1.29, 1.82) is 0 Å². The molecule has 0 aliphatic heterocycles. The molecule has 0 aliphatic carbocycles. The summed E-state index contributed by atoms with van der Waals surface area (Å²) in [5.74, 6) is -0.0728. The lowest BCUT2D eigenvalue weighted by Crippen LogP contribution is -2.32. The van der Waals surface area contributed by atoms with Crippen molar-refractivity contribution >= 4 is 21.6 Å². The largest absolute Gasteiger partial charge is 0.241 e. The van der Waals surface area contributed by atoms with Crippen LogP contribution in [0.2, 0.25) is 5.02 Å². The SMILES string of the molecule is C=CC(C)C(NS(=O)(=O)c1ccc(C)cc1)c1ccc(Cl)cc1. The Morgan fingerprint density at radius 1 is 1.09 bits per heavy atom. The number of sulfonamides is 1. The lowest BCUT2D eigenvalue weighted by atomic mass is 9.96. The van der Waals surface area contributed by atoms with Crippen molar-refractivity contribution in [2.75, 3.05) is 0 Å². The molecule has 0 aromatic heterocycles. The Labute approximate surface area is 143 Å². The molecule has 2 aromatic carbocycles. The van der Waals surface area contributed by atoms with Crippen molar-refractivity contribution in [3.8, 4) is 0 Å². The molecule has 0 aliphatic rings. The molecule has 2 aromatic rings. The Bertz CT molecular complexity index is 768. The van der Waals surface area contributed by atoms with Gasteiger partial charge < -0.3 is 0 Å². The van der Waals surface area contributed by atoms with Gasteiger partial charge in [-0.15, -0.1) is 6.58 Å². The molecule has 0 amide bonds. The van der Waals surface area contributed by atoms with Gasteiger partial charge in [0.05, 0.1) is 10.9 Å². The lowest BCUT2D eigenvalue weighted by molar-refractivity contribution is 0.498. The molecule has 2 unspecified atom stereocenters. The Morgan fingerprint density at radius 3 is 2.17 bits per heavy atom. The summed E-state index contributed by atoms with van der Waals surface area (Å²) in [5.41, 5.74) is 1.86. The molecule has 2 rings (SSSR count). The maximum Gasteiger partial charge on any atom is 0.241 e. The van der Waals surface area contributed by atoms with Crippen molar-refractivity contribution in [3.05, 3.63) is 77.3 Å². The topological polar surface area (TPSA) is 46.2 Å². The molecule has 0 bridgehead atoms. The molecular weight excluding hydrogens is 330 g/mol. The van der Waals surface area contributed by atoms with E-state index in [0.717, 1.165) is 11.1 Å². The average Bonchev–Trinajstić information content (AvgIpc) is 2.53. The van der Waals surface area contributed by atoms with E-state index in [9.17, 15) is 8.42 Å². The first-order valence-corrected chi connectivity index (χ1v) is 9.16. The van der Waals surface area contributed by atoms with Gasteiger partial charge in [0.2, 0.25) is 10.0 Å². The predicted molar refractivity (Wildman–Crippen MR) is 95.1 cm³/mol. The second-order valence-corrected chi connectivity index (χ2v) is 7.71. The third-order valence-electron chi connectivity index (χ3n) is 3.74. The Kier molecular flexibility index (Phi) is 5.63. The van der Waals surface area contributed by atoms with Gasteiger partial charge in [-0.3, -0.25) is 0 Å².